The van der Waals surface area contributed by atoms with Crippen LogP contribution in [0.4, 0.5) is 0 Å². The van der Waals surface area contributed by atoms with Crippen molar-refractivity contribution in [1.29, 1.82) is 0 Å². The van der Waals surface area contributed by atoms with Gasteiger partial charge in [-0.1, -0.05) is 24.3 Å². The van der Waals surface area contributed by atoms with Gasteiger partial charge in [-0.25, -0.2) is 4.98 Å². The highest BCUT2D eigenvalue weighted by molar-refractivity contribution is 5.80. The van der Waals surface area contributed by atoms with E-state index in [4.69, 9.17) is 14.1 Å². The van der Waals surface area contributed by atoms with E-state index in [0.29, 0.717) is 6.54 Å². The Hall–Kier alpha value is -3.05. The maximum absolute atomic E-state index is 10.6. The predicted molar refractivity (Wildman–Crippen MR) is 105 cm³/mol. The molecule has 0 unspecified atom stereocenters. The quantitative estimate of drug-likeness (QED) is 0.554. The lowest BCUT2D eigenvalue weighted by Gasteiger charge is -2.16. The number of aryl methyl sites for hydroxylation is 2. The summed E-state index contributed by atoms with van der Waals surface area (Å²) in [7, 11) is 0. The van der Waals surface area contributed by atoms with E-state index in [9.17, 15) is 5.11 Å². The first kappa shape index (κ1) is 17.4. The van der Waals surface area contributed by atoms with E-state index in [1.807, 2.05) is 66.9 Å². The van der Waals surface area contributed by atoms with Crippen molar-refractivity contribution in [2.24, 2.45) is 0 Å². The van der Waals surface area contributed by atoms with Crippen LogP contribution >= 0.6 is 0 Å². The summed E-state index contributed by atoms with van der Waals surface area (Å²) in [4.78, 5) is 4.70. The van der Waals surface area contributed by atoms with Crippen molar-refractivity contribution in [3.8, 4) is 17.1 Å². The fourth-order valence-electron chi connectivity index (χ4n) is 3.18. The molecule has 2 aromatic carbocycles. The highest BCUT2D eigenvalue weighted by atomic mass is 16.5. The number of imidazole rings is 1. The molecule has 27 heavy (non-hydrogen) atoms. The summed E-state index contributed by atoms with van der Waals surface area (Å²) in [6, 6.07) is 15.8. The summed E-state index contributed by atoms with van der Waals surface area (Å²) in [5.41, 5.74) is 4.93. The molecule has 1 atom stereocenters. The van der Waals surface area contributed by atoms with Gasteiger partial charge in [-0.3, -0.25) is 0 Å². The van der Waals surface area contributed by atoms with Crippen molar-refractivity contribution >= 4 is 11.0 Å². The molecule has 0 radical (unpaired) electrons. The van der Waals surface area contributed by atoms with Crippen LogP contribution in [0.3, 0.4) is 0 Å². The van der Waals surface area contributed by atoms with Gasteiger partial charge in [0.1, 0.15) is 30.5 Å². The van der Waals surface area contributed by atoms with E-state index < -0.39 is 6.10 Å². The molecule has 0 amide bonds. The molecule has 4 aromatic rings. The van der Waals surface area contributed by atoms with Crippen LogP contribution in [0.2, 0.25) is 0 Å². The van der Waals surface area contributed by atoms with Crippen LogP contribution in [0.1, 0.15) is 11.1 Å². The zero-order chi connectivity index (χ0) is 18.8. The largest absolute Gasteiger partial charge is 0.491 e. The van der Waals surface area contributed by atoms with Crippen LogP contribution < -0.4 is 4.74 Å². The molecule has 5 nitrogen and oxygen atoms in total. The van der Waals surface area contributed by atoms with Gasteiger partial charge in [0.2, 0.25) is 0 Å². The Balaban J connectivity index is 1.57. The first-order valence-electron chi connectivity index (χ1n) is 8.98. The second kappa shape index (κ2) is 7.29. The maximum atomic E-state index is 10.6. The highest BCUT2D eigenvalue weighted by Gasteiger charge is 2.17. The van der Waals surface area contributed by atoms with Gasteiger partial charge in [0.15, 0.2) is 0 Å². The lowest BCUT2D eigenvalue weighted by atomic mass is 10.1. The molecule has 0 fully saturated rings. The fraction of sp³-hybridized carbons (Fsp3) is 0.227. The van der Waals surface area contributed by atoms with Crippen LogP contribution in [-0.2, 0) is 6.54 Å². The molecule has 5 heteroatoms. The second-order valence-corrected chi connectivity index (χ2v) is 6.78. The molecule has 0 bridgehead atoms. The third-order valence-corrected chi connectivity index (χ3v) is 4.60. The van der Waals surface area contributed by atoms with E-state index in [1.54, 1.807) is 12.5 Å². The zero-order valence-electron chi connectivity index (χ0n) is 15.4. The monoisotopic (exact) mass is 362 g/mol. The number of aromatic nitrogens is 2. The number of aliphatic hydroxyl groups is 1. The summed E-state index contributed by atoms with van der Waals surface area (Å²) < 4.78 is 13.1. The normalized spacial score (nSPS) is 12.4. The second-order valence-electron chi connectivity index (χ2n) is 6.78. The lowest BCUT2D eigenvalue weighted by Crippen LogP contribution is -2.24. The van der Waals surface area contributed by atoms with Gasteiger partial charge in [0.25, 0.3) is 0 Å². The SMILES string of the molecule is Cc1ccc(C)c(OC[C@@H](O)Cn2c(-c3ccoc3)nc3ccccc32)c1. The van der Waals surface area contributed by atoms with Crippen molar-refractivity contribution in [2.45, 2.75) is 26.5 Å². The Morgan fingerprint density at radius 3 is 2.81 bits per heavy atom. The Morgan fingerprint density at radius 1 is 1.15 bits per heavy atom. The number of aliphatic hydroxyl groups excluding tert-OH is 1. The average molecular weight is 362 g/mol. The summed E-state index contributed by atoms with van der Waals surface area (Å²) in [5, 5.41) is 10.6. The van der Waals surface area contributed by atoms with Crippen molar-refractivity contribution < 1.29 is 14.3 Å². The predicted octanol–water partition coefficient (Wildman–Crippen LogP) is 4.35. The zero-order valence-corrected chi connectivity index (χ0v) is 15.4. The fourth-order valence-corrected chi connectivity index (χ4v) is 3.18. The standard InChI is InChI=1S/C22H22N2O3/c1-15-7-8-16(2)21(11-15)27-14-18(25)12-24-20-6-4-3-5-19(20)23-22(24)17-9-10-26-13-17/h3-11,13,18,25H,12,14H2,1-2H3/t18-/m0/s1. The summed E-state index contributed by atoms with van der Waals surface area (Å²) in [5.74, 6) is 1.58. The first-order chi connectivity index (χ1) is 13.1. The number of hydrogen-bond donors (Lipinski definition) is 1. The van der Waals surface area contributed by atoms with Crippen molar-refractivity contribution in [3.63, 3.8) is 0 Å². The number of furan rings is 1. The molecule has 0 saturated carbocycles. The smallest absolute Gasteiger partial charge is 0.144 e. The molecule has 2 aromatic heterocycles. The minimum atomic E-state index is -0.673. The van der Waals surface area contributed by atoms with Gasteiger partial charge in [-0.2, -0.15) is 0 Å². The van der Waals surface area contributed by atoms with Crippen LogP contribution in [0, 0.1) is 13.8 Å². The number of benzene rings is 2. The lowest BCUT2D eigenvalue weighted by molar-refractivity contribution is 0.0934. The van der Waals surface area contributed by atoms with E-state index in [1.165, 1.54) is 0 Å². The molecule has 1 N–H and O–H groups in total. The Labute approximate surface area is 157 Å². The molecule has 0 aliphatic carbocycles. The maximum Gasteiger partial charge on any atom is 0.144 e. The molecule has 0 saturated heterocycles. The molecule has 0 aliphatic heterocycles. The highest BCUT2D eigenvalue weighted by Crippen LogP contribution is 2.26. The van der Waals surface area contributed by atoms with E-state index in [2.05, 4.69) is 0 Å². The van der Waals surface area contributed by atoms with Crippen LogP contribution in [-0.4, -0.2) is 27.4 Å². The number of nitrogens with zero attached hydrogens (tertiary/aromatic N) is 2. The molecule has 0 spiro atoms. The van der Waals surface area contributed by atoms with Crippen LogP contribution in [0.5, 0.6) is 5.75 Å². The topological polar surface area (TPSA) is 60.4 Å². The number of rotatable bonds is 6. The Kier molecular flexibility index (Phi) is 4.69. The minimum Gasteiger partial charge on any atom is -0.491 e. The van der Waals surface area contributed by atoms with Gasteiger partial charge in [-0.05, 0) is 49.2 Å². The summed E-state index contributed by atoms with van der Waals surface area (Å²) in [6.07, 6.45) is 2.61. The van der Waals surface area contributed by atoms with Crippen LogP contribution in [0.25, 0.3) is 22.4 Å². The van der Waals surface area contributed by atoms with Gasteiger partial charge < -0.3 is 18.8 Å². The van der Waals surface area contributed by atoms with Crippen molar-refractivity contribution in [1.82, 2.24) is 9.55 Å². The third-order valence-electron chi connectivity index (χ3n) is 4.60. The Morgan fingerprint density at radius 2 is 2.00 bits per heavy atom. The average Bonchev–Trinajstić information content (AvgIpc) is 3.31. The summed E-state index contributed by atoms with van der Waals surface area (Å²) >= 11 is 0. The molecular weight excluding hydrogens is 340 g/mol. The third kappa shape index (κ3) is 3.59. The van der Waals surface area contributed by atoms with Gasteiger partial charge in [0.05, 0.1) is 29.4 Å². The minimum absolute atomic E-state index is 0.210. The molecule has 4 rings (SSSR count). The number of fused-ring (bicyclic) bond motifs is 1. The van der Waals surface area contributed by atoms with E-state index >= 15 is 0 Å². The molecule has 138 valence electrons. The van der Waals surface area contributed by atoms with Gasteiger partial charge in [0, 0.05) is 0 Å². The number of para-hydroxylation sites is 2. The Bertz CT molecular complexity index is 1050. The molecule has 0 aliphatic rings. The summed E-state index contributed by atoms with van der Waals surface area (Å²) in [6.45, 7) is 4.62. The van der Waals surface area contributed by atoms with E-state index in [-0.39, 0.29) is 6.61 Å². The van der Waals surface area contributed by atoms with Crippen molar-refractivity contribution in [2.75, 3.05) is 6.61 Å². The van der Waals surface area contributed by atoms with Crippen LogP contribution in [0.15, 0.2) is 65.5 Å². The molecule has 2 heterocycles. The van der Waals surface area contributed by atoms with Gasteiger partial charge >= 0.3 is 0 Å². The number of hydrogen-bond acceptors (Lipinski definition) is 4. The van der Waals surface area contributed by atoms with Crippen molar-refractivity contribution in [3.05, 3.63) is 72.2 Å². The number of ether oxygens (including phenoxy) is 1. The van der Waals surface area contributed by atoms with Gasteiger partial charge in [-0.15, -0.1) is 0 Å². The first-order valence-corrected chi connectivity index (χ1v) is 8.98. The van der Waals surface area contributed by atoms with E-state index in [0.717, 1.165) is 39.3 Å². The molecular formula is C22H22N2O3.